The number of rotatable bonds is 5. The number of aryl methyl sites for hydroxylation is 1. The first-order valence-electron chi connectivity index (χ1n) is 8.30. The number of ether oxygens (including phenoxy) is 1. The van der Waals surface area contributed by atoms with E-state index in [4.69, 9.17) is 4.74 Å². The monoisotopic (exact) mass is 348 g/mol. The van der Waals surface area contributed by atoms with Gasteiger partial charge < -0.3 is 15.0 Å². The van der Waals surface area contributed by atoms with Gasteiger partial charge in [0.05, 0.1) is 5.69 Å². The maximum Gasteiger partial charge on any atom is 0.272 e. The van der Waals surface area contributed by atoms with Crippen LogP contribution in [0.25, 0.3) is 0 Å². The third-order valence-electron chi connectivity index (χ3n) is 4.12. The smallest absolute Gasteiger partial charge is 0.272 e. The highest BCUT2D eigenvalue weighted by Crippen LogP contribution is 2.30. The second-order valence-electron chi connectivity index (χ2n) is 6.05. The molecular weight excluding hydrogens is 328 g/mol. The molecule has 0 bridgehead atoms. The van der Waals surface area contributed by atoms with Crippen LogP contribution in [0, 0.1) is 13.8 Å². The summed E-state index contributed by atoms with van der Waals surface area (Å²) in [7, 11) is 0. The van der Waals surface area contributed by atoms with Gasteiger partial charge in [0.2, 0.25) is 0 Å². The van der Waals surface area contributed by atoms with Gasteiger partial charge in [0, 0.05) is 11.3 Å². The molecule has 1 amide bonds. The zero-order valence-electron chi connectivity index (χ0n) is 14.9. The first kappa shape index (κ1) is 17.5. The van der Waals surface area contributed by atoms with Gasteiger partial charge in [0.1, 0.15) is 11.4 Å². The van der Waals surface area contributed by atoms with Gasteiger partial charge >= 0.3 is 0 Å². The van der Waals surface area contributed by atoms with E-state index in [1.807, 2.05) is 42.5 Å². The minimum atomic E-state index is -0.317. The largest absolute Gasteiger partial charge is 0.455 e. The lowest BCUT2D eigenvalue weighted by molar-refractivity contribution is 0.101. The lowest BCUT2D eigenvalue weighted by Gasteiger charge is -2.12. The van der Waals surface area contributed by atoms with Crippen LogP contribution in [0.15, 0.2) is 54.6 Å². The van der Waals surface area contributed by atoms with Crippen LogP contribution in [0.5, 0.6) is 11.5 Å². The number of nitrogens with one attached hydrogen (secondary N) is 2. The average molecular weight is 348 g/mol. The summed E-state index contributed by atoms with van der Waals surface area (Å²) >= 11 is 0. The minimum absolute atomic E-state index is 0.0666. The fourth-order valence-corrected chi connectivity index (χ4v) is 2.96. The predicted octanol–water partition coefficient (Wildman–Crippen LogP) is 4.88. The standard InChI is InChI=1S/C21H20N2O3/c1-13-19(15(3)24)14(2)22-20(13)21(25)23-17-11-7-8-12-18(17)26-16-9-5-4-6-10-16/h4-12,22H,1-3H3,(H,23,25). The fourth-order valence-electron chi connectivity index (χ4n) is 2.96. The van der Waals surface area contributed by atoms with Gasteiger partial charge in [-0.05, 0) is 50.6 Å². The zero-order chi connectivity index (χ0) is 18.7. The van der Waals surface area contributed by atoms with Crippen LogP contribution >= 0.6 is 0 Å². The molecule has 5 heteroatoms. The Hall–Kier alpha value is -3.34. The Morgan fingerprint density at radius 3 is 2.27 bits per heavy atom. The van der Waals surface area contributed by atoms with Crippen LogP contribution in [0.1, 0.15) is 39.0 Å². The van der Waals surface area contributed by atoms with E-state index in [9.17, 15) is 9.59 Å². The number of aromatic nitrogens is 1. The van der Waals surface area contributed by atoms with E-state index in [2.05, 4.69) is 10.3 Å². The number of carbonyl (C=O) groups excluding carboxylic acids is 2. The number of aromatic amines is 1. The zero-order valence-corrected chi connectivity index (χ0v) is 14.9. The Balaban J connectivity index is 1.87. The molecular formula is C21H20N2O3. The summed E-state index contributed by atoms with van der Waals surface area (Å²) in [5.74, 6) is 0.838. The third kappa shape index (κ3) is 3.52. The van der Waals surface area contributed by atoms with Crippen molar-refractivity contribution >= 4 is 17.4 Å². The molecule has 0 saturated carbocycles. The summed E-state index contributed by atoms with van der Waals surface area (Å²) in [5, 5.41) is 2.86. The highest BCUT2D eigenvalue weighted by molar-refractivity contribution is 6.08. The van der Waals surface area contributed by atoms with Gasteiger partial charge in [-0.15, -0.1) is 0 Å². The van der Waals surface area contributed by atoms with Crippen LogP contribution in [0.2, 0.25) is 0 Å². The molecule has 0 aliphatic heterocycles. The Morgan fingerprint density at radius 1 is 0.962 bits per heavy atom. The van der Waals surface area contributed by atoms with Crippen molar-refractivity contribution < 1.29 is 14.3 Å². The molecule has 0 spiro atoms. The Labute approximate surface area is 152 Å². The second kappa shape index (κ2) is 7.27. The van der Waals surface area contributed by atoms with E-state index in [1.54, 1.807) is 26.0 Å². The molecule has 1 heterocycles. The maximum atomic E-state index is 12.7. The summed E-state index contributed by atoms with van der Waals surface area (Å²) in [4.78, 5) is 27.5. The topological polar surface area (TPSA) is 71.2 Å². The summed E-state index contributed by atoms with van der Waals surface area (Å²) in [6.45, 7) is 5.04. The highest BCUT2D eigenvalue weighted by atomic mass is 16.5. The van der Waals surface area contributed by atoms with Crippen LogP contribution in [-0.4, -0.2) is 16.7 Å². The van der Waals surface area contributed by atoms with E-state index in [0.29, 0.717) is 39.7 Å². The van der Waals surface area contributed by atoms with Gasteiger partial charge in [0.15, 0.2) is 11.5 Å². The molecule has 2 aromatic carbocycles. The van der Waals surface area contributed by atoms with E-state index < -0.39 is 0 Å². The van der Waals surface area contributed by atoms with E-state index in [1.165, 1.54) is 6.92 Å². The predicted molar refractivity (Wildman–Crippen MR) is 101 cm³/mol. The fraction of sp³-hybridized carbons (Fsp3) is 0.143. The highest BCUT2D eigenvalue weighted by Gasteiger charge is 2.20. The van der Waals surface area contributed by atoms with E-state index >= 15 is 0 Å². The maximum absolute atomic E-state index is 12.7. The number of para-hydroxylation sites is 3. The Kier molecular flexibility index (Phi) is 4.89. The number of benzene rings is 2. The summed E-state index contributed by atoms with van der Waals surface area (Å²) < 4.78 is 5.86. The van der Waals surface area contributed by atoms with Crippen LogP contribution in [0.4, 0.5) is 5.69 Å². The lowest BCUT2D eigenvalue weighted by atomic mass is 10.1. The molecule has 2 N–H and O–H groups in total. The van der Waals surface area contributed by atoms with Crippen molar-refractivity contribution in [3.05, 3.63) is 77.1 Å². The number of amides is 1. The van der Waals surface area contributed by atoms with Gasteiger partial charge in [0.25, 0.3) is 5.91 Å². The molecule has 0 atom stereocenters. The van der Waals surface area contributed by atoms with Crippen molar-refractivity contribution in [2.45, 2.75) is 20.8 Å². The molecule has 0 radical (unpaired) electrons. The first-order chi connectivity index (χ1) is 12.5. The van der Waals surface area contributed by atoms with Gasteiger partial charge in [-0.25, -0.2) is 0 Å². The van der Waals surface area contributed by atoms with Crippen molar-refractivity contribution in [2.75, 3.05) is 5.32 Å². The van der Waals surface area contributed by atoms with E-state index in [-0.39, 0.29) is 11.7 Å². The number of Topliss-reactive ketones (excluding diaryl/α,β-unsaturated/α-hetero) is 1. The number of hydrogen-bond donors (Lipinski definition) is 2. The Bertz CT molecular complexity index is 959. The number of anilines is 1. The van der Waals surface area contributed by atoms with Crippen molar-refractivity contribution in [3.63, 3.8) is 0 Å². The molecule has 26 heavy (non-hydrogen) atoms. The van der Waals surface area contributed by atoms with Gasteiger partial charge in [-0.2, -0.15) is 0 Å². The molecule has 0 saturated heterocycles. The van der Waals surface area contributed by atoms with Gasteiger partial charge in [-0.1, -0.05) is 30.3 Å². The first-order valence-corrected chi connectivity index (χ1v) is 8.30. The van der Waals surface area contributed by atoms with Crippen LogP contribution < -0.4 is 10.1 Å². The van der Waals surface area contributed by atoms with Crippen molar-refractivity contribution in [1.29, 1.82) is 0 Å². The van der Waals surface area contributed by atoms with Gasteiger partial charge in [-0.3, -0.25) is 9.59 Å². The molecule has 1 aromatic heterocycles. The van der Waals surface area contributed by atoms with Crippen molar-refractivity contribution in [2.24, 2.45) is 0 Å². The molecule has 0 aliphatic carbocycles. The molecule has 3 rings (SSSR count). The number of hydrogen-bond acceptors (Lipinski definition) is 3. The van der Waals surface area contributed by atoms with Crippen molar-refractivity contribution in [1.82, 2.24) is 4.98 Å². The SMILES string of the molecule is CC(=O)c1c(C)[nH]c(C(=O)Nc2ccccc2Oc2ccccc2)c1C. The number of H-pyrrole nitrogens is 1. The average Bonchev–Trinajstić information content (AvgIpc) is 2.92. The lowest BCUT2D eigenvalue weighted by Crippen LogP contribution is -2.14. The Morgan fingerprint density at radius 2 is 1.62 bits per heavy atom. The number of carbonyl (C=O) groups is 2. The van der Waals surface area contributed by atoms with Crippen molar-refractivity contribution in [3.8, 4) is 11.5 Å². The molecule has 0 aliphatic rings. The number of ketones is 1. The molecule has 0 fully saturated rings. The summed E-state index contributed by atoms with van der Waals surface area (Å²) in [6, 6.07) is 16.6. The third-order valence-corrected chi connectivity index (χ3v) is 4.12. The summed E-state index contributed by atoms with van der Waals surface area (Å²) in [5.41, 5.74) is 2.83. The summed E-state index contributed by atoms with van der Waals surface area (Å²) in [6.07, 6.45) is 0. The molecule has 3 aromatic rings. The quantitative estimate of drug-likeness (QED) is 0.646. The molecule has 132 valence electrons. The molecule has 5 nitrogen and oxygen atoms in total. The minimum Gasteiger partial charge on any atom is -0.455 e. The van der Waals surface area contributed by atoms with Crippen LogP contribution in [0.3, 0.4) is 0 Å². The second-order valence-corrected chi connectivity index (χ2v) is 6.05. The van der Waals surface area contributed by atoms with Crippen LogP contribution in [-0.2, 0) is 0 Å². The normalized spacial score (nSPS) is 10.4. The van der Waals surface area contributed by atoms with E-state index in [0.717, 1.165) is 0 Å². The molecule has 0 unspecified atom stereocenters.